The van der Waals surface area contributed by atoms with Gasteiger partial charge >= 0.3 is 0 Å². The summed E-state index contributed by atoms with van der Waals surface area (Å²) in [6, 6.07) is 3.87. The van der Waals surface area contributed by atoms with Gasteiger partial charge in [-0.1, -0.05) is 0 Å². The second-order valence-electron chi connectivity index (χ2n) is 4.61. The molecule has 20 heavy (non-hydrogen) atoms. The molecule has 1 aliphatic heterocycles. The van der Waals surface area contributed by atoms with Crippen molar-refractivity contribution in [2.45, 2.75) is 17.4 Å². The van der Waals surface area contributed by atoms with Gasteiger partial charge in [-0.25, -0.2) is 13.1 Å². The summed E-state index contributed by atoms with van der Waals surface area (Å²) in [4.78, 5) is 12.3. The monoisotopic (exact) mass is 300 g/mol. The number of rotatable bonds is 4. The third kappa shape index (κ3) is 2.74. The molecule has 1 fully saturated rings. The van der Waals surface area contributed by atoms with E-state index in [9.17, 15) is 18.5 Å². The molecule has 1 saturated heterocycles. The van der Waals surface area contributed by atoms with E-state index in [-0.39, 0.29) is 16.6 Å². The zero-order valence-electron chi connectivity index (χ0n) is 10.9. The first-order chi connectivity index (χ1) is 9.35. The van der Waals surface area contributed by atoms with E-state index in [2.05, 4.69) is 4.72 Å². The summed E-state index contributed by atoms with van der Waals surface area (Å²) >= 11 is 0. The number of hydrogen-bond donors (Lipinski definition) is 2. The molecule has 110 valence electrons. The number of anilines is 1. The number of nitrogens with two attached hydrogens (primary N) is 1. The number of nitro groups is 1. The zero-order valence-corrected chi connectivity index (χ0v) is 11.8. The molecule has 0 bridgehead atoms. The van der Waals surface area contributed by atoms with Crippen LogP contribution in [0.5, 0.6) is 0 Å². The van der Waals surface area contributed by atoms with Crippen LogP contribution < -0.4 is 15.4 Å². The normalized spacial score (nSPS) is 19.3. The van der Waals surface area contributed by atoms with Crippen LogP contribution >= 0.6 is 0 Å². The molecule has 1 aromatic carbocycles. The molecule has 9 heteroatoms. The van der Waals surface area contributed by atoms with Crippen LogP contribution in [0.1, 0.15) is 6.42 Å². The van der Waals surface area contributed by atoms with Crippen molar-refractivity contribution < 1.29 is 13.3 Å². The van der Waals surface area contributed by atoms with Crippen LogP contribution in [0.3, 0.4) is 0 Å². The van der Waals surface area contributed by atoms with Crippen LogP contribution in [-0.2, 0) is 10.0 Å². The van der Waals surface area contributed by atoms with E-state index < -0.39 is 14.9 Å². The Morgan fingerprint density at radius 3 is 2.70 bits per heavy atom. The van der Waals surface area contributed by atoms with E-state index in [0.29, 0.717) is 18.8 Å². The Kier molecular flexibility index (Phi) is 3.93. The SMILES string of the molecule is CNS(=O)(=O)c1ccc(N2CCC(N)C2)c([N+](=O)[O-])c1. The minimum absolute atomic E-state index is 0.0182. The maximum Gasteiger partial charge on any atom is 0.293 e. The van der Waals surface area contributed by atoms with Crippen molar-refractivity contribution in [3.8, 4) is 0 Å². The molecule has 1 atom stereocenters. The van der Waals surface area contributed by atoms with Gasteiger partial charge in [-0.3, -0.25) is 10.1 Å². The van der Waals surface area contributed by atoms with Gasteiger partial charge in [-0.2, -0.15) is 0 Å². The molecule has 1 aliphatic rings. The fraction of sp³-hybridized carbons (Fsp3) is 0.455. The minimum atomic E-state index is -3.70. The standard InChI is InChI=1S/C11H16N4O4S/c1-13-20(18,19)9-2-3-10(11(6-9)15(16)17)14-5-4-8(12)7-14/h2-3,6,8,13H,4-5,7,12H2,1H3. The van der Waals surface area contributed by atoms with Gasteiger partial charge in [-0.05, 0) is 25.6 Å². The van der Waals surface area contributed by atoms with Crippen molar-refractivity contribution in [1.82, 2.24) is 4.72 Å². The van der Waals surface area contributed by atoms with Gasteiger partial charge in [-0.15, -0.1) is 0 Å². The molecule has 1 unspecified atom stereocenters. The summed E-state index contributed by atoms with van der Waals surface area (Å²) in [6.07, 6.45) is 0.758. The highest BCUT2D eigenvalue weighted by Gasteiger charge is 2.27. The van der Waals surface area contributed by atoms with Gasteiger partial charge in [0.25, 0.3) is 5.69 Å². The first-order valence-corrected chi connectivity index (χ1v) is 7.56. The molecule has 0 radical (unpaired) electrons. The Hall–Kier alpha value is -1.71. The summed E-state index contributed by atoms with van der Waals surface area (Å²) < 4.78 is 25.5. The lowest BCUT2D eigenvalue weighted by atomic mass is 10.2. The smallest absolute Gasteiger partial charge is 0.293 e. The van der Waals surface area contributed by atoms with Crippen LogP contribution in [-0.4, -0.2) is 39.5 Å². The van der Waals surface area contributed by atoms with Gasteiger partial charge < -0.3 is 10.6 Å². The maximum absolute atomic E-state index is 11.7. The first kappa shape index (κ1) is 14.7. The average Bonchev–Trinajstić information content (AvgIpc) is 2.84. The largest absolute Gasteiger partial charge is 0.364 e. The lowest BCUT2D eigenvalue weighted by Gasteiger charge is -2.18. The number of nitro benzene ring substituents is 1. The van der Waals surface area contributed by atoms with Gasteiger partial charge in [0.05, 0.1) is 9.82 Å². The molecule has 3 N–H and O–H groups in total. The van der Waals surface area contributed by atoms with Gasteiger partial charge in [0.2, 0.25) is 10.0 Å². The molecule has 0 spiro atoms. The summed E-state index contributed by atoms with van der Waals surface area (Å²) in [7, 11) is -2.44. The van der Waals surface area contributed by atoms with E-state index in [1.165, 1.54) is 19.2 Å². The molecular weight excluding hydrogens is 284 g/mol. The highest BCUT2D eigenvalue weighted by Crippen LogP contribution is 2.32. The molecule has 0 aliphatic carbocycles. The number of nitrogens with zero attached hydrogens (tertiary/aromatic N) is 2. The van der Waals surface area contributed by atoms with Crippen molar-refractivity contribution in [2.75, 3.05) is 25.0 Å². The van der Waals surface area contributed by atoms with Crippen molar-refractivity contribution in [3.05, 3.63) is 28.3 Å². The van der Waals surface area contributed by atoms with Gasteiger partial charge in [0.15, 0.2) is 0 Å². The van der Waals surface area contributed by atoms with Crippen LogP contribution in [0.15, 0.2) is 23.1 Å². The highest BCUT2D eigenvalue weighted by atomic mass is 32.2. The Bertz CT molecular complexity index is 631. The third-order valence-corrected chi connectivity index (χ3v) is 4.70. The van der Waals surface area contributed by atoms with Crippen LogP contribution in [0.25, 0.3) is 0 Å². The predicted molar refractivity (Wildman–Crippen MR) is 74.1 cm³/mol. The van der Waals surface area contributed by atoms with E-state index in [1.54, 1.807) is 4.90 Å². The summed E-state index contributed by atoms with van der Waals surface area (Å²) in [5.41, 5.74) is 5.97. The molecule has 8 nitrogen and oxygen atoms in total. The second-order valence-corrected chi connectivity index (χ2v) is 6.50. The molecule has 0 saturated carbocycles. The lowest BCUT2D eigenvalue weighted by molar-refractivity contribution is -0.384. The van der Waals surface area contributed by atoms with Gasteiger partial charge in [0.1, 0.15) is 5.69 Å². The molecular formula is C11H16N4O4S. The van der Waals surface area contributed by atoms with Crippen LogP contribution in [0.4, 0.5) is 11.4 Å². The zero-order chi connectivity index (χ0) is 14.9. The fourth-order valence-corrected chi connectivity index (χ4v) is 2.96. The minimum Gasteiger partial charge on any atom is -0.364 e. The van der Waals surface area contributed by atoms with E-state index in [1.807, 2.05) is 0 Å². The summed E-state index contributed by atoms with van der Waals surface area (Å²) in [6.45, 7) is 1.15. The van der Waals surface area contributed by atoms with E-state index in [4.69, 9.17) is 5.73 Å². The Morgan fingerprint density at radius 1 is 1.50 bits per heavy atom. The second kappa shape index (κ2) is 5.35. The van der Waals surface area contributed by atoms with Crippen molar-refractivity contribution in [2.24, 2.45) is 5.73 Å². The van der Waals surface area contributed by atoms with E-state index >= 15 is 0 Å². The lowest BCUT2D eigenvalue weighted by Crippen LogP contribution is -2.27. The highest BCUT2D eigenvalue weighted by molar-refractivity contribution is 7.89. The maximum atomic E-state index is 11.7. The summed E-state index contributed by atoms with van der Waals surface area (Å²) in [5, 5.41) is 11.2. The Balaban J connectivity index is 2.47. The molecule has 1 aromatic rings. The van der Waals surface area contributed by atoms with Crippen LogP contribution in [0.2, 0.25) is 0 Å². The number of benzene rings is 1. The summed E-state index contributed by atoms with van der Waals surface area (Å²) in [5.74, 6) is 0. The fourth-order valence-electron chi connectivity index (χ4n) is 2.21. The van der Waals surface area contributed by atoms with E-state index in [0.717, 1.165) is 12.5 Å². The third-order valence-electron chi connectivity index (χ3n) is 3.29. The molecule has 0 amide bonds. The predicted octanol–water partition coefficient (Wildman–Crippen LogP) is 0.0403. The van der Waals surface area contributed by atoms with Crippen molar-refractivity contribution in [1.29, 1.82) is 0 Å². The first-order valence-electron chi connectivity index (χ1n) is 6.07. The number of sulfonamides is 1. The van der Waals surface area contributed by atoms with Crippen molar-refractivity contribution >= 4 is 21.4 Å². The quantitative estimate of drug-likeness (QED) is 0.598. The molecule has 2 rings (SSSR count). The molecule has 0 aromatic heterocycles. The Morgan fingerprint density at radius 2 is 2.20 bits per heavy atom. The molecule has 1 heterocycles. The van der Waals surface area contributed by atoms with Crippen molar-refractivity contribution in [3.63, 3.8) is 0 Å². The Labute approximate surface area is 116 Å². The topological polar surface area (TPSA) is 119 Å². The number of nitrogens with one attached hydrogen (secondary N) is 1. The van der Waals surface area contributed by atoms with Gasteiger partial charge in [0, 0.05) is 25.2 Å². The average molecular weight is 300 g/mol. The van der Waals surface area contributed by atoms with Crippen LogP contribution in [0, 0.1) is 10.1 Å². The number of hydrogen-bond acceptors (Lipinski definition) is 6.